The van der Waals surface area contributed by atoms with Crippen molar-refractivity contribution in [2.24, 2.45) is 13.0 Å². The lowest BCUT2D eigenvalue weighted by Crippen LogP contribution is -2.46. The third kappa shape index (κ3) is 5.56. The molecule has 2 aromatic carbocycles. The van der Waals surface area contributed by atoms with E-state index in [1.807, 2.05) is 23.7 Å². The lowest BCUT2D eigenvalue weighted by atomic mass is 9.97. The minimum Gasteiger partial charge on any atom is -0.493 e. The van der Waals surface area contributed by atoms with E-state index in [1.165, 1.54) is 37.1 Å². The molecule has 4 heterocycles. The Morgan fingerprint density at radius 1 is 1.10 bits per heavy atom. The van der Waals surface area contributed by atoms with Gasteiger partial charge in [0.2, 0.25) is 0 Å². The number of nitrogens with zero attached hydrogens (tertiary/aromatic N) is 3. The molecule has 2 aliphatic heterocycles. The summed E-state index contributed by atoms with van der Waals surface area (Å²) in [6.07, 6.45) is 4.61. The minimum atomic E-state index is -0.0678. The van der Waals surface area contributed by atoms with Gasteiger partial charge in [-0.1, -0.05) is 24.3 Å². The zero-order valence-corrected chi connectivity index (χ0v) is 24.1. The fraction of sp³-hybridized carbons (Fsp3) is 0.406. The number of thiophene rings is 1. The van der Waals surface area contributed by atoms with E-state index in [0.717, 1.165) is 64.4 Å². The maximum absolute atomic E-state index is 13.3. The molecule has 1 saturated heterocycles. The molecule has 6 nitrogen and oxygen atoms in total. The Hall–Kier alpha value is -3.29. The van der Waals surface area contributed by atoms with Crippen LogP contribution in [0.1, 0.15) is 40.9 Å². The van der Waals surface area contributed by atoms with Gasteiger partial charge in [0, 0.05) is 38.9 Å². The van der Waals surface area contributed by atoms with Crippen molar-refractivity contribution in [2.45, 2.75) is 32.2 Å². The number of ether oxygens (including phenoxy) is 1. The lowest BCUT2D eigenvalue weighted by molar-refractivity contribution is -0.896. The predicted molar refractivity (Wildman–Crippen MR) is 161 cm³/mol. The molecule has 0 saturated carbocycles. The van der Waals surface area contributed by atoms with Crippen LogP contribution in [-0.4, -0.2) is 55.3 Å². The van der Waals surface area contributed by atoms with Crippen molar-refractivity contribution in [3.05, 3.63) is 76.8 Å². The molecule has 0 radical (unpaired) electrons. The second kappa shape index (κ2) is 10.7. The van der Waals surface area contributed by atoms with Crippen LogP contribution in [0.15, 0.2) is 60.0 Å². The van der Waals surface area contributed by atoms with Crippen LogP contribution in [0.25, 0.3) is 10.2 Å². The summed E-state index contributed by atoms with van der Waals surface area (Å²) in [5.41, 5.74) is 6.35. The highest BCUT2D eigenvalue weighted by molar-refractivity contribution is 7.17. The van der Waals surface area contributed by atoms with E-state index in [1.54, 1.807) is 11.3 Å². The highest BCUT2D eigenvalue weighted by atomic mass is 32.1. The standard InChI is InChI=1S/C32H38N4O2S/c1-34-28-15-19-39-30(28)20-29(34)32(37)33-27-8-4-6-25-7-5-16-35(31(25)27)21-23-9-11-26(12-10-23)38-22-24-13-17-36(2,3)18-14-24/h4,6,8-12,15,19-20,24H,5,7,13-14,16-18,21-22H2,1-3H3/p+1. The number of carbonyl (C=O) groups excluding carboxylic acids is 1. The summed E-state index contributed by atoms with van der Waals surface area (Å²) in [5, 5.41) is 5.30. The number of hydrogen-bond acceptors (Lipinski definition) is 4. The summed E-state index contributed by atoms with van der Waals surface area (Å²) < 4.78 is 10.4. The highest BCUT2D eigenvalue weighted by Crippen LogP contribution is 2.36. The number of hydrogen-bond donors (Lipinski definition) is 1. The molecular weight excluding hydrogens is 504 g/mol. The zero-order valence-electron chi connectivity index (χ0n) is 23.3. The van der Waals surface area contributed by atoms with E-state index in [9.17, 15) is 4.79 Å². The molecule has 1 N–H and O–H groups in total. The van der Waals surface area contributed by atoms with Crippen LogP contribution in [0.2, 0.25) is 0 Å². The molecule has 204 valence electrons. The van der Waals surface area contributed by atoms with Gasteiger partial charge in [-0.3, -0.25) is 4.79 Å². The first-order valence-electron chi connectivity index (χ1n) is 14.1. The molecule has 7 heteroatoms. The van der Waals surface area contributed by atoms with Crippen molar-refractivity contribution in [3.63, 3.8) is 0 Å². The molecule has 2 aliphatic rings. The molecule has 2 aromatic heterocycles. The van der Waals surface area contributed by atoms with Gasteiger partial charge in [-0.25, -0.2) is 0 Å². The Bertz CT molecular complexity index is 1460. The van der Waals surface area contributed by atoms with Crippen LogP contribution < -0.4 is 15.0 Å². The second-order valence-electron chi connectivity index (χ2n) is 11.8. The number of rotatable bonds is 7. The number of anilines is 2. The van der Waals surface area contributed by atoms with Crippen LogP contribution in [0.4, 0.5) is 11.4 Å². The van der Waals surface area contributed by atoms with Crippen molar-refractivity contribution < 1.29 is 14.0 Å². The molecule has 6 rings (SSSR count). The minimum absolute atomic E-state index is 0.0678. The summed E-state index contributed by atoms with van der Waals surface area (Å²) in [6.45, 7) is 5.04. The van der Waals surface area contributed by atoms with Gasteiger partial charge >= 0.3 is 0 Å². The topological polar surface area (TPSA) is 46.5 Å². The van der Waals surface area contributed by atoms with E-state index in [-0.39, 0.29) is 5.91 Å². The van der Waals surface area contributed by atoms with Gasteiger partial charge in [-0.2, -0.15) is 0 Å². The van der Waals surface area contributed by atoms with Crippen LogP contribution in [-0.2, 0) is 20.0 Å². The number of benzene rings is 2. The number of aryl methyl sites for hydroxylation is 2. The molecule has 39 heavy (non-hydrogen) atoms. The largest absolute Gasteiger partial charge is 0.493 e. The number of quaternary nitrogens is 1. The van der Waals surface area contributed by atoms with Gasteiger partial charge in [0.1, 0.15) is 11.4 Å². The van der Waals surface area contributed by atoms with E-state index in [0.29, 0.717) is 11.6 Å². The zero-order chi connectivity index (χ0) is 27.0. The number of fused-ring (bicyclic) bond motifs is 2. The molecule has 0 bridgehead atoms. The number of carbonyl (C=O) groups is 1. The monoisotopic (exact) mass is 543 g/mol. The van der Waals surface area contributed by atoms with Gasteiger partial charge < -0.3 is 24.0 Å². The first kappa shape index (κ1) is 26.0. The summed E-state index contributed by atoms with van der Waals surface area (Å²) in [4.78, 5) is 15.8. The van der Waals surface area contributed by atoms with Gasteiger partial charge in [0.15, 0.2) is 0 Å². The van der Waals surface area contributed by atoms with Crippen LogP contribution >= 0.6 is 11.3 Å². The van der Waals surface area contributed by atoms with Crippen molar-refractivity contribution in [1.82, 2.24) is 4.57 Å². The van der Waals surface area contributed by atoms with Gasteiger partial charge in [0.25, 0.3) is 5.91 Å². The molecule has 1 amide bonds. The van der Waals surface area contributed by atoms with E-state index < -0.39 is 0 Å². The Balaban J connectivity index is 1.13. The SMILES string of the molecule is Cn1c(C(=O)Nc2cccc3c2N(Cc2ccc(OCC4CC[N+](C)(C)CC4)cc2)CCC3)cc2sccc21. The maximum Gasteiger partial charge on any atom is 0.272 e. The summed E-state index contributed by atoms with van der Waals surface area (Å²) in [5.74, 6) is 1.54. The molecule has 1 fully saturated rings. The highest BCUT2D eigenvalue weighted by Gasteiger charge is 2.26. The molecular formula is C32H39N4O2S+. The summed E-state index contributed by atoms with van der Waals surface area (Å²) in [6, 6.07) is 18.9. The first-order valence-corrected chi connectivity index (χ1v) is 15.0. The van der Waals surface area contributed by atoms with Crippen molar-refractivity contribution in [1.29, 1.82) is 0 Å². The average molecular weight is 544 g/mol. The fourth-order valence-electron chi connectivity index (χ4n) is 6.06. The van der Waals surface area contributed by atoms with Crippen LogP contribution in [0.3, 0.4) is 0 Å². The third-order valence-corrected chi connectivity index (χ3v) is 9.38. The fourth-order valence-corrected chi connectivity index (χ4v) is 6.91. The predicted octanol–water partition coefficient (Wildman–Crippen LogP) is 6.31. The van der Waals surface area contributed by atoms with Crippen LogP contribution in [0, 0.1) is 5.92 Å². The Morgan fingerprint density at radius 3 is 2.67 bits per heavy atom. The van der Waals surface area contributed by atoms with E-state index in [2.05, 4.69) is 72.2 Å². The number of piperidine rings is 1. The lowest BCUT2D eigenvalue weighted by Gasteiger charge is -2.37. The number of nitrogens with one attached hydrogen (secondary N) is 1. The molecule has 0 spiro atoms. The van der Waals surface area contributed by atoms with Gasteiger partial charge in [0.05, 0.1) is 55.4 Å². The van der Waals surface area contributed by atoms with E-state index >= 15 is 0 Å². The second-order valence-corrected chi connectivity index (χ2v) is 12.8. The van der Waals surface area contributed by atoms with Crippen LogP contribution in [0.5, 0.6) is 5.75 Å². The third-order valence-electron chi connectivity index (χ3n) is 8.52. The molecule has 4 aromatic rings. The number of amides is 1. The van der Waals surface area contributed by atoms with Crippen molar-refractivity contribution in [2.75, 3.05) is 50.6 Å². The molecule has 0 atom stereocenters. The Labute approximate surface area is 235 Å². The normalized spacial score (nSPS) is 17.3. The maximum atomic E-state index is 13.3. The van der Waals surface area contributed by atoms with Crippen molar-refractivity contribution in [3.8, 4) is 5.75 Å². The van der Waals surface area contributed by atoms with Crippen molar-refractivity contribution >= 4 is 38.8 Å². The summed E-state index contributed by atoms with van der Waals surface area (Å²) in [7, 11) is 6.59. The first-order chi connectivity index (χ1) is 18.9. The Kier molecular flexibility index (Phi) is 7.12. The molecule has 0 unspecified atom stereocenters. The Morgan fingerprint density at radius 2 is 1.90 bits per heavy atom. The van der Waals surface area contributed by atoms with E-state index in [4.69, 9.17) is 4.74 Å². The average Bonchev–Trinajstić information content (AvgIpc) is 3.52. The molecule has 0 aliphatic carbocycles. The van der Waals surface area contributed by atoms with Gasteiger partial charge in [-0.05, 0) is 59.7 Å². The number of aromatic nitrogens is 1. The smallest absolute Gasteiger partial charge is 0.272 e. The number of likely N-dealkylation sites (tertiary alicyclic amines) is 1. The van der Waals surface area contributed by atoms with Gasteiger partial charge in [-0.15, -0.1) is 11.3 Å². The summed E-state index contributed by atoms with van der Waals surface area (Å²) >= 11 is 1.66. The quantitative estimate of drug-likeness (QED) is 0.278. The number of para-hydroxylation sites is 1.